The molecule has 8 nitrogen and oxygen atoms in total. The predicted molar refractivity (Wildman–Crippen MR) is 105 cm³/mol. The zero-order valence-corrected chi connectivity index (χ0v) is 16.6. The number of aromatic nitrogens is 2. The Morgan fingerprint density at radius 3 is 2.88 bits per heavy atom. The molecule has 140 valence electrons. The van der Waals surface area contributed by atoms with E-state index in [9.17, 15) is 9.59 Å². The molecule has 0 atom stereocenters. The lowest BCUT2D eigenvalue weighted by atomic mass is 10.1. The molecule has 0 unspecified atom stereocenters. The first-order valence-corrected chi connectivity index (χ1v) is 10.2. The molecule has 0 aromatic carbocycles. The quantitative estimate of drug-likeness (QED) is 0.524. The molecular formula is C16H22N6O2S2. The second kappa shape index (κ2) is 8.19. The van der Waals surface area contributed by atoms with Gasteiger partial charge in [-0.15, -0.1) is 11.3 Å². The average Bonchev–Trinajstić information content (AvgIpc) is 2.97. The summed E-state index contributed by atoms with van der Waals surface area (Å²) in [5, 5.41) is 9.57. The number of hydrogen-bond donors (Lipinski definition) is 3. The lowest BCUT2D eigenvalue weighted by Gasteiger charge is -2.22. The molecule has 3 amide bonds. The van der Waals surface area contributed by atoms with Gasteiger partial charge in [0, 0.05) is 31.6 Å². The summed E-state index contributed by atoms with van der Waals surface area (Å²) in [5.74, 6) is 0.530. The number of carbonyl (C=O) groups is 2. The summed E-state index contributed by atoms with van der Waals surface area (Å²) in [7, 11) is 3.59. The first-order valence-electron chi connectivity index (χ1n) is 8.40. The number of fused-ring (bicyclic) bond motifs is 3. The van der Waals surface area contributed by atoms with Crippen LogP contribution in [0.4, 0.5) is 10.6 Å². The number of rotatable bonds is 5. The smallest absolute Gasteiger partial charge is 0.321 e. The molecule has 0 spiro atoms. The number of anilines is 1. The summed E-state index contributed by atoms with van der Waals surface area (Å²) >= 11 is 2.92. The van der Waals surface area contributed by atoms with Crippen molar-refractivity contribution in [1.82, 2.24) is 25.5 Å². The molecule has 2 aromatic heterocycles. The highest BCUT2D eigenvalue weighted by molar-refractivity contribution is 7.99. The Hall–Kier alpha value is -1.91. The monoisotopic (exact) mass is 394 g/mol. The average molecular weight is 395 g/mol. The minimum absolute atomic E-state index is 0.0817. The van der Waals surface area contributed by atoms with Gasteiger partial charge in [0.25, 0.3) is 0 Å². The largest absolute Gasteiger partial charge is 0.370 e. The summed E-state index contributed by atoms with van der Waals surface area (Å²) in [6, 6.07) is -0.518. The SMILES string of the molecule is CCNc1nc(SCC(=O)NC(=O)NC)nc2sc3c(c12)CCN(C)C3. The molecule has 0 radical (unpaired) electrons. The van der Waals surface area contributed by atoms with Crippen LogP contribution in [0.1, 0.15) is 17.4 Å². The van der Waals surface area contributed by atoms with Gasteiger partial charge in [0.1, 0.15) is 10.6 Å². The molecule has 2 aromatic rings. The van der Waals surface area contributed by atoms with Crippen molar-refractivity contribution in [2.75, 3.05) is 38.3 Å². The van der Waals surface area contributed by atoms with E-state index in [-0.39, 0.29) is 11.7 Å². The second-order valence-corrected chi connectivity index (χ2v) is 8.00. The zero-order chi connectivity index (χ0) is 18.7. The lowest BCUT2D eigenvalue weighted by molar-refractivity contribution is -0.117. The van der Waals surface area contributed by atoms with E-state index in [0.717, 1.165) is 42.1 Å². The minimum atomic E-state index is -0.518. The fourth-order valence-electron chi connectivity index (χ4n) is 2.82. The molecule has 0 bridgehead atoms. The number of nitrogens with zero attached hydrogens (tertiary/aromatic N) is 3. The molecule has 0 aliphatic carbocycles. The maximum Gasteiger partial charge on any atom is 0.321 e. The van der Waals surface area contributed by atoms with Crippen molar-refractivity contribution in [3.05, 3.63) is 10.4 Å². The van der Waals surface area contributed by atoms with Gasteiger partial charge in [0.15, 0.2) is 5.16 Å². The van der Waals surface area contributed by atoms with Crippen LogP contribution >= 0.6 is 23.1 Å². The first kappa shape index (κ1) is 18.9. The van der Waals surface area contributed by atoms with Gasteiger partial charge in [-0.3, -0.25) is 10.1 Å². The predicted octanol–water partition coefficient (Wildman–Crippen LogP) is 1.66. The van der Waals surface area contributed by atoms with Crippen molar-refractivity contribution in [3.8, 4) is 0 Å². The standard InChI is InChI=1S/C16H22N6O2S2/c1-4-18-13-12-9-5-6-22(3)7-10(9)26-14(12)21-16(20-13)25-8-11(23)19-15(24)17-2/h4-8H2,1-3H3,(H,18,20,21)(H2,17,19,23,24). The maximum atomic E-state index is 11.8. The molecule has 0 saturated heterocycles. The highest BCUT2D eigenvalue weighted by Crippen LogP contribution is 2.38. The van der Waals surface area contributed by atoms with Gasteiger partial charge in [-0.1, -0.05) is 11.8 Å². The number of imide groups is 1. The molecule has 0 saturated carbocycles. The molecule has 3 heterocycles. The molecular weight excluding hydrogens is 372 g/mol. The van der Waals surface area contributed by atoms with Gasteiger partial charge >= 0.3 is 6.03 Å². The van der Waals surface area contributed by atoms with Crippen molar-refractivity contribution in [2.24, 2.45) is 0 Å². The normalized spacial score (nSPS) is 14.1. The van der Waals surface area contributed by atoms with E-state index >= 15 is 0 Å². The number of likely N-dealkylation sites (N-methyl/N-ethyl adjacent to an activating group) is 1. The van der Waals surface area contributed by atoms with E-state index in [0.29, 0.717) is 5.16 Å². The molecule has 1 aliphatic heterocycles. The number of amides is 3. The highest BCUT2D eigenvalue weighted by Gasteiger charge is 2.23. The Kier molecular flexibility index (Phi) is 5.94. The van der Waals surface area contributed by atoms with Crippen molar-refractivity contribution < 1.29 is 9.59 Å². The number of carbonyl (C=O) groups excluding carboxylic acids is 2. The Balaban J connectivity index is 1.85. The Morgan fingerprint density at radius 2 is 2.15 bits per heavy atom. The lowest BCUT2D eigenvalue weighted by Crippen LogP contribution is -2.38. The van der Waals surface area contributed by atoms with Crippen LogP contribution in [-0.4, -0.2) is 59.7 Å². The fourth-order valence-corrected chi connectivity index (χ4v) is 4.82. The summed E-state index contributed by atoms with van der Waals surface area (Å²) in [6.07, 6.45) is 0.995. The minimum Gasteiger partial charge on any atom is -0.370 e. The van der Waals surface area contributed by atoms with Crippen LogP contribution in [0.3, 0.4) is 0 Å². The summed E-state index contributed by atoms with van der Waals surface area (Å²) in [4.78, 5) is 36.8. The summed E-state index contributed by atoms with van der Waals surface area (Å²) in [5.41, 5.74) is 1.34. The topological polar surface area (TPSA) is 99.2 Å². The van der Waals surface area contributed by atoms with Crippen LogP contribution < -0.4 is 16.0 Å². The first-order chi connectivity index (χ1) is 12.5. The van der Waals surface area contributed by atoms with E-state index < -0.39 is 6.03 Å². The number of urea groups is 1. The Bertz CT molecular complexity index is 838. The third kappa shape index (κ3) is 4.08. The number of thioether (sulfide) groups is 1. The van der Waals surface area contributed by atoms with E-state index in [2.05, 4.69) is 37.9 Å². The van der Waals surface area contributed by atoms with Gasteiger partial charge in [-0.25, -0.2) is 14.8 Å². The van der Waals surface area contributed by atoms with Crippen LogP contribution in [0, 0.1) is 0 Å². The maximum absolute atomic E-state index is 11.8. The number of hydrogen-bond acceptors (Lipinski definition) is 8. The van der Waals surface area contributed by atoms with Crippen molar-refractivity contribution in [1.29, 1.82) is 0 Å². The van der Waals surface area contributed by atoms with E-state index in [1.54, 1.807) is 11.3 Å². The van der Waals surface area contributed by atoms with Crippen LogP contribution in [0.15, 0.2) is 5.16 Å². The van der Waals surface area contributed by atoms with Crippen LogP contribution in [0.2, 0.25) is 0 Å². The molecule has 3 rings (SSSR count). The second-order valence-electron chi connectivity index (χ2n) is 5.97. The van der Waals surface area contributed by atoms with Crippen molar-refractivity contribution in [3.63, 3.8) is 0 Å². The van der Waals surface area contributed by atoms with Crippen LogP contribution in [-0.2, 0) is 17.8 Å². The zero-order valence-electron chi connectivity index (χ0n) is 15.0. The third-order valence-electron chi connectivity index (χ3n) is 4.03. The summed E-state index contributed by atoms with van der Waals surface area (Å²) < 4.78 is 0. The molecule has 26 heavy (non-hydrogen) atoms. The van der Waals surface area contributed by atoms with Gasteiger partial charge in [-0.05, 0) is 26.0 Å². The van der Waals surface area contributed by atoms with E-state index in [1.807, 2.05) is 6.92 Å². The Morgan fingerprint density at radius 1 is 1.35 bits per heavy atom. The Labute approximate surface area is 160 Å². The highest BCUT2D eigenvalue weighted by atomic mass is 32.2. The summed E-state index contributed by atoms with van der Waals surface area (Å²) in [6.45, 7) is 4.75. The molecule has 1 aliphatic rings. The van der Waals surface area contributed by atoms with Crippen molar-refractivity contribution >= 4 is 51.1 Å². The number of nitrogens with one attached hydrogen (secondary N) is 3. The molecule has 10 heteroatoms. The van der Waals surface area contributed by atoms with Gasteiger partial charge in [-0.2, -0.15) is 0 Å². The van der Waals surface area contributed by atoms with Crippen LogP contribution in [0.25, 0.3) is 10.2 Å². The van der Waals surface area contributed by atoms with Gasteiger partial charge in [0.2, 0.25) is 5.91 Å². The van der Waals surface area contributed by atoms with Crippen molar-refractivity contribution in [2.45, 2.75) is 25.0 Å². The van der Waals surface area contributed by atoms with Gasteiger partial charge < -0.3 is 15.5 Å². The number of thiophene rings is 1. The third-order valence-corrected chi connectivity index (χ3v) is 5.99. The van der Waals surface area contributed by atoms with Crippen LogP contribution in [0.5, 0.6) is 0 Å². The molecule has 0 fully saturated rings. The van der Waals surface area contributed by atoms with E-state index in [4.69, 9.17) is 0 Å². The van der Waals surface area contributed by atoms with E-state index in [1.165, 1.54) is 29.3 Å². The molecule has 3 N–H and O–H groups in total. The fraction of sp³-hybridized carbons (Fsp3) is 0.500. The van der Waals surface area contributed by atoms with Gasteiger partial charge in [0.05, 0.1) is 11.1 Å².